The van der Waals surface area contributed by atoms with Gasteiger partial charge in [-0.15, -0.1) is 0 Å². The largest absolute Gasteiger partial charge is 0.504 e. The molecule has 0 radical (unpaired) electrons. The van der Waals surface area contributed by atoms with Gasteiger partial charge in [-0.25, -0.2) is 0 Å². The van der Waals surface area contributed by atoms with Gasteiger partial charge >= 0.3 is 0 Å². The molecule has 0 bridgehead atoms. The fourth-order valence-electron chi connectivity index (χ4n) is 3.67. The summed E-state index contributed by atoms with van der Waals surface area (Å²) in [5.41, 5.74) is 6.99. The minimum absolute atomic E-state index is 1.13. The lowest BCUT2D eigenvalue weighted by atomic mass is 9.94. The van der Waals surface area contributed by atoms with Crippen LogP contribution in [0.25, 0.3) is 45.2 Å². The molecule has 0 saturated carbocycles. The Bertz CT molecular complexity index is 1130. The maximum Gasteiger partial charge on any atom is 0.0830 e. The number of hydrogen-bond donors (Lipinski definition) is 0. The normalized spacial score (nSPS) is 11.4. The first kappa shape index (κ1) is 19.5. The van der Waals surface area contributed by atoms with Gasteiger partial charge in [0.1, 0.15) is 0 Å². The Hall–Kier alpha value is -3.78. The fourth-order valence-corrected chi connectivity index (χ4v) is 3.67. The van der Waals surface area contributed by atoms with Crippen LogP contribution in [-0.2, 0) is 9.47 Å². The number of fused-ring (bicyclic) bond motifs is 1. The Kier molecular flexibility index (Phi) is 5.95. The Labute approximate surface area is 177 Å². The second kappa shape index (κ2) is 9.15. The first-order chi connectivity index (χ1) is 14.8. The topological polar surface area (TPSA) is 18.5 Å². The highest BCUT2D eigenvalue weighted by Crippen LogP contribution is 2.32. The van der Waals surface area contributed by atoms with Crippen LogP contribution in [0.1, 0.15) is 11.1 Å². The molecule has 4 aromatic carbocycles. The molecule has 4 aromatic rings. The molecule has 0 N–H and O–H groups in total. The van der Waals surface area contributed by atoms with Crippen molar-refractivity contribution < 1.29 is 9.47 Å². The van der Waals surface area contributed by atoms with Crippen LogP contribution >= 0.6 is 0 Å². The lowest BCUT2D eigenvalue weighted by Crippen LogP contribution is -1.86. The fraction of sp³-hybridized carbons (Fsp3) is 0.0714. The van der Waals surface area contributed by atoms with Gasteiger partial charge in [-0.2, -0.15) is 0 Å². The number of hydrogen-bond acceptors (Lipinski definition) is 2. The molecule has 0 aliphatic heterocycles. The monoisotopic (exact) mass is 392 g/mol. The predicted molar refractivity (Wildman–Crippen MR) is 127 cm³/mol. The van der Waals surface area contributed by atoms with Crippen LogP contribution < -0.4 is 0 Å². The highest BCUT2D eigenvalue weighted by molar-refractivity contribution is 5.92. The van der Waals surface area contributed by atoms with Crippen LogP contribution in [0, 0.1) is 0 Å². The third kappa shape index (κ3) is 4.13. The number of benzene rings is 4. The van der Waals surface area contributed by atoms with Crippen LogP contribution in [-0.4, -0.2) is 14.2 Å². The lowest BCUT2D eigenvalue weighted by Gasteiger charge is -2.11. The van der Waals surface area contributed by atoms with E-state index in [0.29, 0.717) is 0 Å². The number of rotatable bonds is 6. The Morgan fingerprint density at radius 3 is 1.47 bits per heavy atom. The van der Waals surface area contributed by atoms with Crippen molar-refractivity contribution >= 4 is 22.9 Å². The van der Waals surface area contributed by atoms with E-state index in [1.165, 1.54) is 33.0 Å². The molecule has 0 unspecified atom stereocenters. The van der Waals surface area contributed by atoms with E-state index in [4.69, 9.17) is 9.47 Å². The van der Waals surface area contributed by atoms with E-state index < -0.39 is 0 Å². The lowest BCUT2D eigenvalue weighted by molar-refractivity contribution is 0.341. The van der Waals surface area contributed by atoms with Gasteiger partial charge in [0.25, 0.3) is 0 Å². The second-order valence-corrected chi connectivity index (χ2v) is 7.03. The van der Waals surface area contributed by atoms with E-state index in [1.807, 2.05) is 24.3 Å². The van der Waals surface area contributed by atoms with Crippen LogP contribution in [0.15, 0.2) is 97.5 Å². The van der Waals surface area contributed by atoms with Gasteiger partial charge in [0.05, 0.1) is 26.7 Å². The molecule has 30 heavy (non-hydrogen) atoms. The van der Waals surface area contributed by atoms with Crippen molar-refractivity contribution in [2.45, 2.75) is 0 Å². The van der Waals surface area contributed by atoms with E-state index in [-0.39, 0.29) is 0 Å². The van der Waals surface area contributed by atoms with Gasteiger partial charge in [-0.3, -0.25) is 0 Å². The van der Waals surface area contributed by atoms with Crippen LogP contribution in [0.5, 0.6) is 0 Å². The van der Waals surface area contributed by atoms with Crippen molar-refractivity contribution in [2.24, 2.45) is 0 Å². The summed E-state index contributed by atoms with van der Waals surface area (Å²) in [6, 6.07) is 29.9. The molecule has 4 rings (SSSR count). The quantitative estimate of drug-likeness (QED) is 0.318. The minimum atomic E-state index is 1.13. The molecular weight excluding hydrogens is 368 g/mol. The van der Waals surface area contributed by atoms with Crippen molar-refractivity contribution in [3.8, 4) is 22.3 Å². The van der Waals surface area contributed by atoms with E-state index in [0.717, 1.165) is 11.1 Å². The zero-order chi connectivity index (χ0) is 20.8. The summed E-state index contributed by atoms with van der Waals surface area (Å²) >= 11 is 0. The zero-order valence-corrected chi connectivity index (χ0v) is 17.2. The van der Waals surface area contributed by atoms with Crippen LogP contribution in [0.2, 0.25) is 0 Å². The molecule has 2 nitrogen and oxygen atoms in total. The summed E-state index contributed by atoms with van der Waals surface area (Å²) in [5.74, 6) is 0. The van der Waals surface area contributed by atoms with E-state index in [9.17, 15) is 0 Å². The Morgan fingerprint density at radius 1 is 0.533 bits per heavy atom. The highest BCUT2D eigenvalue weighted by atomic mass is 16.5. The van der Waals surface area contributed by atoms with Gasteiger partial charge in [0.2, 0.25) is 0 Å². The van der Waals surface area contributed by atoms with Gasteiger partial charge < -0.3 is 9.47 Å². The Balaban J connectivity index is 1.81. The maximum atomic E-state index is 5.12. The molecule has 0 fully saturated rings. The highest BCUT2D eigenvalue weighted by Gasteiger charge is 2.07. The summed E-state index contributed by atoms with van der Waals surface area (Å²) in [6.45, 7) is 0. The zero-order valence-electron chi connectivity index (χ0n) is 17.2. The van der Waals surface area contributed by atoms with Gasteiger partial charge in [0, 0.05) is 0 Å². The number of methoxy groups -OCH3 is 2. The molecule has 0 heterocycles. The van der Waals surface area contributed by atoms with Crippen LogP contribution in [0.4, 0.5) is 0 Å². The molecule has 0 aliphatic carbocycles. The molecule has 148 valence electrons. The molecule has 0 saturated heterocycles. The minimum Gasteiger partial charge on any atom is -0.504 e. The van der Waals surface area contributed by atoms with Gasteiger partial charge in [-0.1, -0.05) is 72.8 Å². The SMILES string of the molecule is CO/C=C/c1ccccc1-c1ccc2ccc(-c3ccccc3/C=C/OC)cc2c1. The molecule has 0 atom stereocenters. The smallest absolute Gasteiger partial charge is 0.0830 e. The third-order valence-corrected chi connectivity index (χ3v) is 5.15. The molecular formula is C28H24O2. The summed E-state index contributed by atoms with van der Waals surface area (Å²) < 4.78 is 10.2. The molecule has 0 aliphatic rings. The summed E-state index contributed by atoms with van der Waals surface area (Å²) in [5, 5.41) is 2.43. The standard InChI is InChI=1S/C28H24O2/c1-29-17-15-22-7-3-5-9-27(22)24-13-11-21-12-14-25(20-26(21)19-24)28-10-6-4-8-23(28)16-18-30-2/h3-20H,1-2H3/b17-15+,18-16+. The van der Waals surface area contributed by atoms with Crippen LogP contribution in [0.3, 0.4) is 0 Å². The second-order valence-electron chi connectivity index (χ2n) is 7.03. The average Bonchev–Trinajstić information content (AvgIpc) is 2.81. The summed E-state index contributed by atoms with van der Waals surface area (Å²) in [4.78, 5) is 0. The first-order valence-electron chi connectivity index (χ1n) is 9.91. The molecule has 0 spiro atoms. The van der Waals surface area contributed by atoms with Gasteiger partial charge in [0.15, 0.2) is 0 Å². The Morgan fingerprint density at radius 2 is 1.00 bits per heavy atom. The van der Waals surface area contributed by atoms with Crippen molar-refractivity contribution in [3.05, 3.63) is 109 Å². The number of ether oxygens (including phenoxy) is 2. The molecule has 0 amide bonds. The van der Waals surface area contributed by atoms with Crippen molar-refractivity contribution in [2.75, 3.05) is 14.2 Å². The molecule has 0 aromatic heterocycles. The summed E-state index contributed by atoms with van der Waals surface area (Å²) in [6.07, 6.45) is 7.41. The third-order valence-electron chi connectivity index (χ3n) is 5.15. The van der Waals surface area contributed by atoms with E-state index in [1.54, 1.807) is 26.7 Å². The van der Waals surface area contributed by atoms with Gasteiger partial charge in [-0.05, 0) is 68.4 Å². The van der Waals surface area contributed by atoms with Crippen molar-refractivity contribution in [1.29, 1.82) is 0 Å². The first-order valence-corrected chi connectivity index (χ1v) is 9.91. The maximum absolute atomic E-state index is 5.12. The summed E-state index contributed by atoms with van der Waals surface area (Å²) in [7, 11) is 3.33. The average molecular weight is 392 g/mol. The van der Waals surface area contributed by atoms with E-state index >= 15 is 0 Å². The van der Waals surface area contributed by atoms with E-state index in [2.05, 4.69) is 72.8 Å². The van der Waals surface area contributed by atoms with Crippen molar-refractivity contribution in [3.63, 3.8) is 0 Å². The predicted octanol–water partition coefficient (Wildman–Crippen LogP) is 7.41. The molecule has 2 heteroatoms. The van der Waals surface area contributed by atoms with Crippen molar-refractivity contribution in [1.82, 2.24) is 0 Å².